The fourth-order valence-corrected chi connectivity index (χ4v) is 1.74. The second-order valence-corrected chi connectivity index (χ2v) is 3.32. The minimum Gasteiger partial charge on any atom is -0.330 e. The average Bonchev–Trinajstić information content (AvgIpc) is 2.58. The highest BCUT2D eigenvalue weighted by Crippen LogP contribution is 2.13. The van der Waals surface area contributed by atoms with Crippen LogP contribution < -0.4 is 5.73 Å². The second-order valence-electron chi connectivity index (χ2n) is 3.32. The molecule has 3 heteroatoms. The Hall–Kier alpha value is -1.35. The maximum Gasteiger partial charge on any atom is 0.113 e. The van der Waals surface area contributed by atoms with E-state index < -0.39 is 0 Å². The first-order valence-corrected chi connectivity index (χ1v) is 5.01. The molecular weight excluding hydrogens is 174 g/mol. The maximum absolute atomic E-state index is 5.55. The molecule has 0 fully saturated rings. The number of hydrogen-bond acceptors (Lipinski definition) is 2. The summed E-state index contributed by atoms with van der Waals surface area (Å²) in [5.74, 6) is 1.11. The molecule has 0 radical (unpaired) electrons. The minimum atomic E-state index is 0.657. The highest BCUT2D eigenvalue weighted by atomic mass is 15.0. The van der Waals surface area contributed by atoms with Crippen LogP contribution in [0.25, 0.3) is 5.52 Å². The zero-order valence-electron chi connectivity index (χ0n) is 8.40. The molecule has 2 N–H and O–H groups in total. The number of imidazole rings is 1. The third-order valence-corrected chi connectivity index (χ3v) is 2.40. The van der Waals surface area contributed by atoms with Crippen molar-refractivity contribution < 1.29 is 0 Å². The van der Waals surface area contributed by atoms with Gasteiger partial charge in [0.05, 0.1) is 11.2 Å². The molecule has 0 atom stereocenters. The number of nitrogens with zero attached hydrogens (tertiary/aromatic N) is 2. The molecule has 0 aromatic carbocycles. The van der Waals surface area contributed by atoms with Gasteiger partial charge in [-0.15, -0.1) is 0 Å². The van der Waals surface area contributed by atoms with E-state index in [1.165, 1.54) is 5.52 Å². The van der Waals surface area contributed by atoms with E-state index in [1.54, 1.807) is 0 Å². The number of aryl methyl sites for hydroxylation is 1. The lowest BCUT2D eigenvalue weighted by Gasteiger charge is -1.96. The predicted molar refractivity (Wildman–Crippen MR) is 57.3 cm³/mol. The molecule has 2 aromatic heterocycles. The Morgan fingerprint density at radius 1 is 1.43 bits per heavy atom. The van der Waals surface area contributed by atoms with Crippen LogP contribution in [0.2, 0.25) is 0 Å². The van der Waals surface area contributed by atoms with Crippen molar-refractivity contribution in [3.8, 4) is 0 Å². The van der Waals surface area contributed by atoms with Crippen molar-refractivity contribution in [2.24, 2.45) is 5.73 Å². The summed E-state index contributed by atoms with van der Waals surface area (Å²) >= 11 is 0. The van der Waals surface area contributed by atoms with Gasteiger partial charge >= 0.3 is 0 Å². The molecular formula is C11H15N3. The van der Waals surface area contributed by atoms with Gasteiger partial charge in [0.15, 0.2) is 0 Å². The number of rotatable bonds is 3. The SMILES string of the molecule is CCc1nc(CCN)c2ccccn12. The lowest BCUT2D eigenvalue weighted by Crippen LogP contribution is -2.03. The van der Waals surface area contributed by atoms with Crippen LogP contribution in [0.15, 0.2) is 24.4 Å². The van der Waals surface area contributed by atoms with Gasteiger partial charge in [0.25, 0.3) is 0 Å². The van der Waals surface area contributed by atoms with E-state index in [2.05, 4.69) is 28.6 Å². The van der Waals surface area contributed by atoms with Gasteiger partial charge in [0.1, 0.15) is 5.82 Å². The maximum atomic E-state index is 5.55. The van der Waals surface area contributed by atoms with Crippen molar-refractivity contribution in [2.75, 3.05) is 6.54 Å². The number of hydrogen-bond donors (Lipinski definition) is 1. The molecule has 0 aliphatic carbocycles. The molecule has 0 saturated heterocycles. The number of fused-ring (bicyclic) bond motifs is 1. The smallest absolute Gasteiger partial charge is 0.113 e. The molecule has 74 valence electrons. The number of nitrogens with two attached hydrogens (primary N) is 1. The molecule has 0 aliphatic heterocycles. The van der Waals surface area contributed by atoms with Crippen LogP contribution in [0.5, 0.6) is 0 Å². The fraction of sp³-hybridized carbons (Fsp3) is 0.364. The van der Waals surface area contributed by atoms with E-state index in [1.807, 2.05) is 12.1 Å². The van der Waals surface area contributed by atoms with E-state index in [0.717, 1.165) is 24.4 Å². The molecule has 0 aliphatic rings. The van der Waals surface area contributed by atoms with Crippen molar-refractivity contribution >= 4 is 5.52 Å². The van der Waals surface area contributed by atoms with Gasteiger partial charge < -0.3 is 10.1 Å². The molecule has 2 rings (SSSR count). The van der Waals surface area contributed by atoms with E-state index >= 15 is 0 Å². The van der Waals surface area contributed by atoms with Crippen LogP contribution in [0.3, 0.4) is 0 Å². The molecule has 2 aromatic rings. The summed E-state index contributed by atoms with van der Waals surface area (Å²) in [6.45, 7) is 2.78. The van der Waals surface area contributed by atoms with Crippen LogP contribution >= 0.6 is 0 Å². The van der Waals surface area contributed by atoms with Crippen molar-refractivity contribution in [3.63, 3.8) is 0 Å². The highest BCUT2D eigenvalue weighted by molar-refractivity contribution is 5.53. The Morgan fingerprint density at radius 3 is 3.00 bits per heavy atom. The van der Waals surface area contributed by atoms with Gasteiger partial charge in [0, 0.05) is 19.0 Å². The van der Waals surface area contributed by atoms with Gasteiger partial charge in [0.2, 0.25) is 0 Å². The summed E-state index contributed by atoms with van der Waals surface area (Å²) in [6.07, 6.45) is 3.87. The molecule has 3 nitrogen and oxygen atoms in total. The summed E-state index contributed by atoms with van der Waals surface area (Å²) in [6, 6.07) is 6.16. The summed E-state index contributed by atoms with van der Waals surface area (Å²) < 4.78 is 2.14. The molecule has 0 amide bonds. The fourth-order valence-electron chi connectivity index (χ4n) is 1.74. The minimum absolute atomic E-state index is 0.657. The monoisotopic (exact) mass is 189 g/mol. The zero-order chi connectivity index (χ0) is 9.97. The van der Waals surface area contributed by atoms with Crippen LogP contribution in [-0.2, 0) is 12.8 Å². The van der Waals surface area contributed by atoms with E-state index in [0.29, 0.717) is 6.54 Å². The molecule has 0 unspecified atom stereocenters. The van der Waals surface area contributed by atoms with Gasteiger partial charge in [-0.1, -0.05) is 13.0 Å². The van der Waals surface area contributed by atoms with E-state index in [9.17, 15) is 0 Å². The van der Waals surface area contributed by atoms with Gasteiger partial charge in [-0.05, 0) is 18.7 Å². The number of pyridine rings is 1. The third kappa shape index (κ3) is 1.40. The van der Waals surface area contributed by atoms with E-state index in [-0.39, 0.29) is 0 Å². The topological polar surface area (TPSA) is 43.3 Å². The summed E-state index contributed by atoms with van der Waals surface area (Å²) in [4.78, 5) is 4.58. The lowest BCUT2D eigenvalue weighted by atomic mass is 10.2. The van der Waals surface area contributed by atoms with Crippen LogP contribution in [0, 0.1) is 0 Å². The second kappa shape index (κ2) is 3.80. The van der Waals surface area contributed by atoms with Crippen molar-refractivity contribution in [2.45, 2.75) is 19.8 Å². The Kier molecular flexibility index (Phi) is 2.50. The predicted octanol–water partition coefficient (Wildman–Crippen LogP) is 1.40. The Balaban J connectivity index is 2.61. The first kappa shape index (κ1) is 9.21. The summed E-state index contributed by atoms with van der Waals surface area (Å²) in [7, 11) is 0. The Labute approximate surface area is 83.6 Å². The summed E-state index contributed by atoms with van der Waals surface area (Å²) in [5, 5.41) is 0. The molecule has 0 bridgehead atoms. The highest BCUT2D eigenvalue weighted by Gasteiger charge is 2.07. The standard InChI is InChI=1S/C11H15N3/c1-2-11-13-9(6-7-12)10-5-3-4-8-14(10)11/h3-5,8H,2,6-7,12H2,1H3. The first-order valence-electron chi connectivity index (χ1n) is 5.01. The van der Waals surface area contributed by atoms with Crippen LogP contribution in [0.1, 0.15) is 18.4 Å². The Bertz CT molecular complexity index is 431. The summed E-state index contributed by atoms with van der Waals surface area (Å²) in [5.41, 5.74) is 7.86. The van der Waals surface area contributed by atoms with Gasteiger partial charge in [-0.2, -0.15) is 0 Å². The normalized spacial score (nSPS) is 11.0. The van der Waals surface area contributed by atoms with Gasteiger partial charge in [-0.3, -0.25) is 0 Å². The van der Waals surface area contributed by atoms with Crippen molar-refractivity contribution in [1.29, 1.82) is 0 Å². The average molecular weight is 189 g/mol. The Morgan fingerprint density at radius 2 is 2.29 bits per heavy atom. The molecule has 2 heterocycles. The van der Waals surface area contributed by atoms with Crippen LogP contribution in [0.4, 0.5) is 0 Å². The van der Waals surface area contributed by atoms with E-state index in [4.69, 9.17) is 5.73 Å². The van der Waals surface area contributed by atoms with Crippen molar-refractivity contribution in [1.82, 2.24) is 9.38 Å². The van der Waals surface area contributed by atoms with Gasteiger partial charge in [-0.25, -0.2) is 4.98 Å². The lowest BCUT2D eigenvalue weighted by molar-refractivity contribution is 0.899. The van der Waals surface area contributed by atoms with Crippen LogP contribution in [-0.4, -0.2) is 15.9 Å². The third-order valence-electron chi connectivity index (χ3n) is 2.40. The quantitative estimate of drug-likeness (QED) is 0.793. The molecule has 0 spiro atoms. The molecule has 0 saturated carbocycles. The first-order chi connectivity index (χ1) is 6.86. The number of aromatic nitrogens is 2. The zero-order valence-corrected chi connectivity index (χ0v) is 8.40. The van der Waals surface area contributed by atoms with Crippen molar-refractivity contribution in [3.05, 3.63) is 35.9 Å². The largest absolute Gasteiger partial charge is 0.330 e. The molecule has 14 heavy (non-hydrogen) atoms.